The Morgan fingerprint density at radius 1 is 1.15 bits per heavy atom. The van der Waals surface area contributed by atoms with Gasteiger partial charge >= 0.3 is 0 Å². The van der Waals surface area contributed by atoms with E-state index in [9.17, 15) is 9.90 Å². The SMILES string of the molecule is CCc1ccc(O)c(NC(=O)CNc2ccccc2)c1. The molecule has 2 aromatic rings. The molecule has 0 bridgehead atoms. The highest BCUT2D eigenvalue weighted by Crippen LogP contribution is 2.24. The summed E-state index contributed by atoms with van der Waals surface area (Å²) in [5, 5.41) is 15.5. The Kier molecular flexibility index (Phi) is 4.60. The van der Waals surface area contributed by atoms with Crippen LogP contribution in [0.4, 0.5) is 11.4 Å². The van der Waals surface area contributed by atoms with Gasteiger partial charge in [0.25, 0.3) is 0 Å². The van der Waals surface area contributed by atoms with E-state index in [1.54, 1.807) is 12.1 Å². The normalized spacial score (nSPS) is 10.1. The van der Waals surface area contributed by atoms with Gasteiger partial charge in [-0.1, -0.05) is 31.2 Å². The minimum Gasteiger partial charge on any atom is -0.506 e. The first kappa shape index (κ1) is 13.9. The summed E-state index contributed by atoms with van der Waals surface area (Å²) < 4.78 is 0. The molecular formula is C16H18N2O2. The van der Waals surface area contributed by atoms with Gasteiger partial charge < -0.3 is 15.7 Å². The third-order valence-electron chi connectivity index (χ3n) is 2.97. The highest BCUT2D eigenvalue weighted by molar-refractivity contribution is 5.95. The summed E-state index contributed by atoms with van der Waals surface area (Å²) in [5.74, 6) is -0.118. The second kappa shape index (κ2) is 6.61. The van der Waals surface area contributed by atoms with Crippen LogP contribution in [-0.2, 0) is 11.2 Å². The van der Waals surface area contributed by atoms with Crippen LogP contribution < -0.4 is 10.6 Å². The van der Waals surface area contributed by atoms with Gasteiger partial charge in [0, 0.05) is 5.69 Å². The van der Waals surface area contributed by atoms with Crippen LogP contribution in [0, 0.1) is 0 Å². The largest absolute Gasteiger partial charge is 0.506 e. The fourth-order valence-corrected chi connectivity index (χ4v) is 1.84. The first-order chi connectivity index (χ1) is 9.69. The molecule has 4 heteroatoms. The average Bonchev–Trinajstić information content (AvgIpc) is 2.48. The van der Waals surface area contributed by atoms with E-state index in [-0.39, 0.29) is 18.2 Å². The van der Waals surface area contributed by atoms with E-state index in [0.717, 1.165) is 17.7 Å². The molecule has 4 nitrogen and oxygen atoms in total. The molecule has 0 radical (unpaired) electrons. The number of amides is 1. The van der Waals surface area contributed by atoms with Crippen LogP contribution in [0.15, 0.2) is 48.5 Å². The summed E-state index contributed by atoms with van der Waals surface area (Å²) in [7, 11) is 0. The van der Waals surface area contributed by atoms with E-state index in [1.807, 2.05) is 43.3 Å². The Bertz CT molecular complexity index is 582. The molecule has 0 saturated carbocycles. The third kappa shape index (κ3) is 3.75. The molecule has 0 heterocycles. The molecule has 0 atom stereocenters. The van der Waals surface area contributed by atoms with Crippen molar-refractivity contribution in [1.29, 1.82) is 0 Å². The Hall–Kier alpha value is -2.49. The van der Waals surface area contributed by atoms with Crippen molar-refractivity contribution in [2.75, 3.05) is 17.2 Å². The maximum absolute atomic E-state index is 11.9. The van der Waals surface area contributed by atoms with Crippen LogP contribution in [0.2, 0.25) is 0 Å². The fourth-order valence-electron chi connectivity index (χ4n) is 1.84. The summed E-state index contributed by atoms with van der Waals surface area (Å²) in [6.07, 6.45) is 0.853. The number of para-hydroxylation sites is 1. The van der Waals surface area contributed by atoms with Crippen molar-refractivity contribution in [3.8, 4) is 5.75 Å². The maximum Gasteiger partial charge on any atom is 0.243 e. The number of rotatable bonds is 5. The summed E-state index contributed by atoms with van der Waals surface area (Å²) in [5.41, 5.74) is 2.40. The van der Waals surface area contributed by atoms with Crippen molar-refractivity contribution >= 4 is 17.3 Å². The van der Waals surface area contributed by atoms with Crippen molar-refractivity contribution in [3.63, 3.8) is 0 Å². The lowest BCUT2D eigenvalue weighted by Gasteiger charge is -2.10. The van der Waals surface area contributed by atoms with Gasteiger partial charge in [-0.05, 0) is 36.2 Å². The van der Waals surface area contributed by atoms with Gasteiger partial charge in [0.1, 0.15) is 5.75 Å². The van der Waals surface area contributed by atoms with E-state index in [2.05, 4.69) is 10.6 Å². The van der Waals surface area contributed by atoms with E-state index >= 15 is 0 Å². The number of aryl methyl sites for hydroxylation is 1. The van der Waals surface area contributed by atoms with Crippen LogP contribution >= 0.6 is 0 Å². The summed E-state index contributed by atoms with van der Waals surface area (Å²) in [6, 6.07) is 14.7. The predicted molar refractivity (Wildman–Crippen MR) is 81.0 cm³/mol. The molecule has 104 valence electrons. The average molecular weight is 270 g/mol. The number of carbonyl (C=O) groups excluding carboxylic acids is 1. The molecule has 3 N–H and O–H groups in total. The fraction of sp³-hybridized carbons (Fsp3) is 0.188. The van der Waals surface area contributed by atoms with Gasteiger partial charge in [-0.2, -0.15) is 0 Å². The number of nitrogens with one attached hydrogen (secondary N) is 2. The second-order valence-electron chi connectivity index (χ2n) is 4.47. The lowest BCUT2D eigenvalue weighted by atomic mass is 10.1. The highest BCUT2D eigenvalue weighted by atomic mass is 16.3. The highest BCUT2D eigenvalue weighted by Gasteiger charge is 2.07. The lowest BCUT2D eigenvalue weighted by molar-refractivity contribution is -0.114. The second-order valence-corrected chi connectivity index (χ2v) is 4.47. The molecule has 0 fully saturated rings. The van der Waals surface area contributed by atoms with E-state index in [0.29, 0.717) is 5.69 Å². The first-order valence-corrected chi connectivity index (χ1v) is 6.59. The summed E-state index contributed by atoms with van der Waals surface area (Å²) in [4.78, 5) is 11.9. The number of hydrogen-bond donors (Lipinski definition) is 3. The standard InChI is InChI=1S/C16H18N2O2/c1-2-12-8-9-15(19)14(10-12)18-16(20)11-17-13-6-4-3-5-7-13/h3-10,17,19H,2,11H2,1H3,(H,18,20). The Morgan fingerprint density at radius 3 is 2.60 bits per heavy atom. The number of benzene rings is 2. The Labute approximate surface area is 118 Å². The zero-order valence-corrected chi connectivity index (χ0v) is 11.4. The van der Waals surface area contributed by atoms with Crippen molar-refractivity contribution in [3.05, 3.63) is 54.1 Å². The molecule has 2 aromatic carbocycles. The van der Waals surface area contributed by atoms with E-state index < -0.39 is 0 Å². The van der Waals surface area contributed by atoms with Crippen LogP contribution in [0.5, 0.6) is 5.75 Å². The van der Waals surface area contributed by atoms with Crippen molar-refractivity contribution in [1.82, 2.24) is 0 Å². The quantitative estimate of drug-likeness (QED) is 0.732. The minimum absolute atomic E-state index is 0.0789. The van der Waals surface area contributed by atoms with Gasteiger partial charge in [0.15, 0.2) is 0 Å². The van der Waals surface area contributed by atoms with Crippen molar-refractivity contribution in [2.24, 2.45) is 0 Å². The van der Waals surface area contributed by atoms with Gasteiger partial charge in [-0.3, -0.25) is 4.79 Å². The smallest absolute Gasteiger partial charge is 0.243 e. The van der Waals surface area contributed by atoms with E-state index in [1.165, 1.54) is 0 Å². The monoisotopic (exact) mass is 270 g/mol. The van der Waals surface area contributed by atoms with E-state index in [4.69, 9.17) is 0 Å². The van der Waals surface area contributed by atoms with Gasteiger partial charge in [0.05, 0.1) is 12.2 Å². The number of carbonyl (C=O) groups is 1. The molecule has 0 aromatic heterocycles. The Morgan fingerprint density at radius 2 is 1.90 bits per heavy atom. The Balaban J connectivity index is 1.94. The van der Waals surface area contributed by atoms with Crippen LogP contribution in [0.1, 0.15) is 12.5 Å². The third-order valence-corrected chi connectivity index (χ3v) is 2.97. The molecule has 1 amide bonds. The van der Waals surface area contributed by atoms with Crippen LogP contribution in [0.3, 0.4) is 0 Å². The zero-order valence-electron chi connectivity index (χ0n) is 11.4. The van der Waals surface area contributed by atoms with Gasteiger partial charge in [-0.25, -0.2) is 0 Å². The van der Waals surface area contributed by atoms with Gasteiger partial charge in [0.2, 0.25) is 5.91 Å². The topological polar surface area (TPSA) is 61.4 Å². The molecule has 0 aliphatic carbocycles. The number of aromatic hydroxyl groups is 1. The molecule has 0 saturated heterocycles. The molecule has 0 spiro atoms. The number of phenols is 1. The number of hydrogen-bond acceptors (Lipinski definition) is 3. The first-order valence-electron chi connectivity index (χ1n) is 6.59. The molecule has 0 aliphatic rings. The molecule has 20 heavy (non-hydrogen) atoms. The molecule has 0 unspecified atom stereocenters. The van der Waals surface area contributed by atoms with Gasteiger partial charge in [-0.15, -0.1) is 0 Å². The predicted octanol–water partition coefficient (Wildman–Crippen LogP) is 3.01. The van der Waals surface area contributed by atoms with Crippen LogP contribution in [-0.4, -0.2) is 17.6 Å². The lowest BCUT2D eigenvalue weighted by Crippen LogP contribution is -2.21. The van der Waals surface area contributed by atoms with Crippen LogP contribution in [0.25, 0.3) is 0 Å². The van der Waals surface area contributed by atoms with Crippen molar-refractivity contribution in [2.45, 2.75) is 13.3 Å². The molecular weight excluding hydrogens is 252 g/mol. The number of anilines is 2. The molecule has 0 aliphatic heterocycles. The number of phenolic OH excluding ortho intramolecular Hbond substituents is 1. The zero-order chi connectivity index (χ0) is 14.4. The summed E-state index contributed by atoms with van der Waals surface area (Å²) >= 11 is 0. The van der Waals surface area contributed by atoms with Crippen molar-refractivity contribution < 1.29 is 9.90 Å². The molecule has 2 rings (SSSR count). The maximum atomic E-state index is 11.9. The minimum atomic E-state index is -0.197. The summed E-state index contributed by atoms with van der Waals surface area (Å²) in [6.45, 7) is 2.18.